The summed E-state index contributed by atoms with van der Waals surface area (Å²) in [5.74, 6) is 0. The molecular weight excluding hydrogens is 110 g/mol. The van der Waals surface area contributed by atoms with Crippen LogP contribution in [0.3, 0.4) is 0 Å². The summed E-state index contributed by atoms with van der Waals surface area (Å²) < 4.78 is 0. The fourth-order valence-electron chi connectivity index (χ4n) is 0.975. The highest BCUT2D eigenvalue weighted by molar-refractivity contribution is 5.38. The topological polar surface area (TPSA) is 12.4 Å². The zero-order valence-corrected chi connectivity index (χ0v) is 5.72. The van der Waals surface area contributed by atoms with Gasteiger partial charge in [-0.15, -0.1) is 0 Å². The van der Waals surface area contributed by atoms with Gasteiger partial charge in [-0.2, -0.15) is 0 Å². The van der Waals surface area contributed by atoms with Crippen LogP contribution in [-0.2, 0) is 0 Å². The summed E-state index contributed by atoms with van der Waals surface area (Å²) in [5.41, 5.74) is 2.32. The average molecular weight is 121 g/mol. The SMILES string of the molecule is C=NC1=CCCC=C1C. The van der Waals surface area contributed by atoms with Gasteiger partial charge in [0, 0.05) is 0 Å². The summed E-state index contributed by atoms with van der Waals surface area (Å²) in [5, 5.41) is 0. The molecule has 1 nitrogen and oxygen atoms in total. The van der Waals surface area contributed by atoms with E-state index in [9.17, 15) is 0 Å². The van der Waals surface area contributed by atoms with Crippen molar-refractivity contribution in [3.8, 4) is 0 Å². The predicted molar refractivity (Wildman–Crippen MR) is 40.6 cm³/mol. The van der Waals surface area contributed by atoms with Gasteiger partial charge in [0.1, 0.15) is 0 Å². The van der Waals surface area contributed by atoms with Crippen LogP contribution in [0.4, 0.5) is 0 Å². The lowest BCUT2D eigenvalue weighted by Crippen LogP contribution is -1.87. The van der Waals surface area contributed by atoms with Crippen molar-refractivity contribution in [2.24, 2.45) is 4.99 Å². The van der Waals surface area contributed by atoms with E-state index < -0.39 is 0 Å². The lowest BCUT2D eigenvalue weighted by Gasteiger charge is -2.05. The molecule has 0 N–H and O–H groups in total. The van der Waals surface area contributed by atoms with Gasteiger partial charge in [0.25, 0.3) is 0 Å². The Hall–Kier alpha value is -0.850. The van der Waals surface area contributed by atoms with Crippen molar-refractivity contribution in [1.29, 1.82) is 0 Å². The molecule has 0 aliphatic heterocycles. The Morgan fingerprint density at radius 2 is 2.11 bits per heavy atom. The average Bonchev–Trinajstić information content (AvgIpc) is 1.89. The molecule has 1 heteroatoms. The van der Waals surface area contributed by atoms with Crippen LogP contribution in [0.2, 0.25) is 0 Å². The van der Waals surface area contributed by atoms with Crippen LogP contribution in [0.5, 0.6) is 0 Å². The van der Waals surface area contributed by atoms with Gasteiger partial charge >= 0.3 is 0 Å². The molecule has 0 bridgehead atoms. The van der Waals surface area contributed by atoms with Gasteiger partial charge in [-0.05, 0) is 32.1 Å². The van der Waals surface area contributed by atoms with Crippen LogP contribution in [0.25, 0.3) is 0 Å². The van der Waals surface area contributed by atoms with E-state index in [1.807, 2.05) is 0 Å². The summed E-state index contributed by atoms with van der Waals surface area (Å²) in [6, 6.07) is 0. The van der Waals surface area contributed by atoms with Crippen molar-refractivity contribution < 1.29 is 0 Å². The predicted octanol–water partition coefficient (Wildman–Crippen LogP) is 2.31. The molecule has 0 spiro atoms. The molecular formula is C8H11N. The van der Waals surface area contributed by atoms with Gasteiger partial charge in [0.05, 0.1) is 5.70 Å². The minimum atomic E-state index is 1.06. The maximum atomic E-state index is 3.87. The quantitative estimate of drug-likeness (QED) is 0.472. The minimum absolute atomic E-state index is 1.06. The Morgan fingerprint density at radius 1 is 1.44 bits per heavy atom. The second-order valence-electron chi connectivity index (χ2n) is 2.21. The molecule has 0 unspecified atom stereocenters. The van der Waals surface area contributed by atoms with E-state index in [1.54, 1.807) is 0 Å². The number of nitrogens with zero attached hydrogens (tertiary/aromatic N) is 1. The summed E-state index contributed by atoms with van der Waals surface area (Å²) in [6.45, 7) is 5.54. The summed E-state index contributed by atoms with van der Waals surface area (Å²) in [6.07, 6.45) is 6.60. The molecule has 0 atom stereocenters. The molecule has 1 rings (SSSR count). The van der Waals surface area contributed by atoms with Crippen molar-refractivity contribution in [1.82, 2.24) is 0 Å². The molecule has 0 aromatic heterocycles. The van der Waals surface area contributed by atoms with Gasteiger partial charge in [0.15, 0.2) is 0 Å². The summed E-state index contributed by atoms with van der Waals surface area (Å²) in [4.78, 5) is 3.87. The number of aliphatic imine (C=N–C) groups is 1. The Labute approximate surface area is 55.8 Å². The highest BCUT2D eigenvalue weighted by atomic mass is 14.7. The molecule has 9 heavy (non-hydrogen) atoms. The molecule has 0 amide bonds. The molecule has 0 aromatic rings. The van der Waals surface area contributed by atoms with Crippen LogP contribution in [0.1, 0.15) is 19.8 Å². The lowest BCUT2D eigenvalue weighted by atomic mass is 10.1. The van der Waals surface area contributed by atoms with Crippen LogP contribution < -0.4 is 0 Å². The first kappa shape index (κ1) is 6.27. The largest absolute Gasteiger partial charge is 0.265 e. The van der Waals surface area contributed by atoms with Gasteiger partial charge in [-0.25, -0.2) is 0 Å². The normalized spacial score (nSPS) is 18.3. The van der Waals surface area contributed by atoms with E-state index in [0.29, 0.717) is 0 Å². The third kappa shape index (κ3) is 1.28. The monoisotopic (exact) mass is 121 g/mol. The van der Waals surface area contributed by atoms with Crippen LogP contribution in [-0.4, -0.2) is 6.72 Å². The minimum Gasteiger partial charge on any atom is -0.265 e. The second-order valence-corrected chi connectivity index (χ2v) is 2.21. The molecule has 0 fully saturated rings. The third-order valence-electron chi connectivity index (χ3n) is 1.53. The fourth-order valence-corrected chi connectivity index (χ4v) is 0.975. The molecule has 0 radical (unpaired) electrons. The maximum absolute atomic E-state index is 3.87. The van der Waals surface area contributed by atoms with Crippen molar-refractivity contribution >= 4 is 6.72 Å². The number of allylic oxidation sites excluding steroid dienone is 3. The van der Waals surface area contributed by atoms with Crippen LogP contribution >= 0.6 is 0 Å². The van der Waals surface area contributed by atoms with Gasteiger partial charge in [-0.3, -0.25) is 4.99 Å². The Morgan fingerprint density at radius 3 is 2.56 bits per heavy atom. The van der Waals surface area contributed by atoms with Crippen molar-refractivity contribution in [2.45, 2.75) is 19.8 Å². The molecule has 1 aliphatic rings. The Balaban J connectivity index is 2.79. The fraction of sp³-hybridized carbons (Fsp3) is 0.375. The molecule has 0 heterocycles. The van der Waals surface area contributed by atoms with E-state index in [1.165, 1.54) is 5.57 Å². The first-order valence-corrected chi connectivity index (χ1v) is 3.18. The van der Waals surface area contributed by atoms with E-state index in [4.69, 9.17) is 0 Å². The first-order chi connectivity index (χ1) is 4.34. The van der Waals surface area contributed by atoms with Gasteiger partial charge in [-0.1, -0.05) is 12.2 Å². The third-order valence-corrected chi connectivity index (χ3v) is 1.53. The molecule has 48 valence electrons. The first-order valence-electron chi connectivity index (χ1n) is 3.18. The van der Waals surface area contributed by atoms with Crippen molar-refractivity contribution in [2.75, 3.05) is 0 Å². The zero-order valence-electron chi connectivity index (χ0n) is 5.72. The molecule has 0 aromatic carbocycles. The van der Waals surface area contributed by atoms with E-state index in [0.717, 1.165) is 18.5 Å². The molecule has 1 aliphatic carbocycles. The van der Waals surface area contributed by atoms with E-state index in [2.05, 4.69) is 30.8 Å². The maximum Gasteiger partial charge on any atom is 0.0608 e. The highest BCUT2D eigenvalue weighted by Crippen LogP contribution is 2.17. The van der Waals surface area contributed by atoms with E-state index >= 15 is 0 Å². The van der Waals surface area contributed by atoms with Crippen molar-refractivity contribution in [3.63, 3.8) is 0 Å². The summed E-state index contributed by atoms with van der Waals surface area (Å²) in [7, 11) is 0. The van der Waals surface area contributed by atoms with Crippen LogP contribution in [0.15, 0.2) is 28.4 Å². The Kier molecular flexibility index (Phi) is 1.83. The van der Waals surface area contributed by atoms with Gasteiger partial charge in [0.2, 0.25) is 0 Å². The number of rotatable bonds is 1. The second kappa shape index (κ2) is 2.62. The number of hydrogen-bond donors (Lipinski definition) is 0. The van der Waals surface area contributed by atoms with Crippen molar-refractivity contribution in [3.05, 3.63) is 23.4 Å². The summed E-state index contributed by atoms with van der Waals surface area (Å²) >= 11 is 0. The molecule has 0 saturated carbocycles. The smallest absolute Gasteiger partial charge is 0.0608 e. The van der Waals surface area contributed by atoms with E-state index in [-0.39, 0.29) is 0 Å². The van der Waals surface area contributed by atoms with Crippen LogP contribution in [0, 0.1) is 0 Å². The standard InChI is InChI=1S/C8H11N/c1-7-5-3-4-6-8(7)9-2/h5-6H,2-4H2,1H3. The molecule has 0 saturated heterocycles. The lowest BCUT2D eigenvalue weighted by molar-refractivity contribution is 0.984. The zero-order chi connectivity index (χ0) is 6.69. The Bertz CT molecular complexity index is 175. The highest BCUT2D eigenvalue weighted by Gasteiger charge is 1.99. The number of hydrogen-bond acceptors (Lipinski definition) is 1. The van der Waals surface area contributed by atoms with Gasteiger partial charge < -0.3 is 0 Å².